The summed E-state index contributed by atoms with van der Waals surface area (Å²) in [7, 11) is 3.53. The lowest BCUT2D eigenvalue weighted by atomic mass is 10.1. The van der Waals surface area contributed by atoms with Gasteiger partial charge < -0.3 is 25.0 Å². The summed E-state index contributed by atoms with van der Waals surface area (Å²) in [5.41, 5.74) is 3.30. The van der Waals surface area contributed by atoms with Crippen molar-refractivity contribution >= 4 is 11.6 Å². The van der Waals surface area contributed by atoms with Crippen LogP contribution in [0.5, 0.6) is 5.75 Å². The highest BCUT2D eigenvalue weighted by Gasteiger charge is 2.21. The number of rotatable bonds is 5. The quantitative estimate of drug-likeness (QED) is 0.627. The second-order valence-corrected chi connectivity index (χ2v) is 6.57. The molecule has 6 nitrogen and oxygen atoms in total. The number of guanidine groups is 1. The number of aromatic hydroxyl groups is 1. The van der Waals surface area contributed by atoms with Crippen LogP contribution in [-0.2, 0) is 17.9 Å². The Kier molecular flexibility index (Phi) is 6.54. The number of methoxy groups -OCH3 is 1. The highest BCUT2D eigenvalue weighted by Crippen LogP contribution is 2.27. The third-order valence-electron chi connectivity index (χ3n) is 4.87. The maximum Gasteiger partial charge on any atom is 0.194 e. The maximum atomic E-state index is 10.1. The molecule has 6 heteroatoms. The van der Waals surface area contributed by atoms with Crippen LogP contribution in [0.4, 0.5) is 5.69 Å². The first-order valence-electron chi connectivity index (χ1n) is 9.27. The third kappa shape index (κ3) is 4.71. The number of anilines is 1. The number of benzene rings is 2. The lowest BCUT2D eigenvalue weighted by Gasteiger charge is -2.37. The largest absolute Gasteiger partial charge is 0.506 e. The first-order chi connectivity index (χ1) is 13.2. The molecule has 0 atom stereocenters. The van der Waals surface area contributed by atoms with Gasteiger partial charge in [-0.1, -0.05) is 36.4 Å². The average molecular weight is 368 g/mol. The molecule has 0 aliphatic carbocycles. The van der Waals surface area contributed by atoms with Crippen LogP contribution < -0.4 is 10.2 Å². The smallest absolute Gasteiger partial charge is 0.194 e. The van der Waals surface area contributed by atoms with Gasteiger partial charge >= 0.3 is 0 Å². The highest BCUT2D eigenvalue weighted by molar-refractivity contribution is 5.80. The number of nitrogens with zero attached hydrogens (tertiary/aromatic N) is 3. The number of piperazine rings is 1. The predicted molar refractivity (Wildman–Crippen MR) is 109 cm³/mol. The minimum atomic E-state index is 0.336. The van der Waals surface area contributed by atoms with Crippen molar-refractivity contribution in [2.75, 3.05) is 45.2 Å². The van der Waals surface area contributed by atoms with Crippen molar-refractivity contribution in [1.82, 2.24) is 10.2 Å². The van der Waals surface area contributed by atoms with E-state index in [1.165, 1.54) is 11.1 Å². The second-order valence-electron chi connectivity index (χ2n) is 6.57. The molecule has 0 bridgehead atoms. The van der Waals surface area contributed by atoms with E-state index in [0.717, 1.165) is 37.8 Å². The predicted octanol–water partition coefficient (Wildman–Crippen LogP) is 2.44. The van der Waals surface area contributed by atoms with E-state index >= 15 is 0 Å². The van der Waals surface area contributed by atoms with Gasteiger partial charge in [-0.15, -0.1) is 0 Å². The lowest BCUT2D eigenvalue weighted by Crippen LogP contribution is -2.52. The van der Waals surface area contributed by atoms with Crippen LogP contribution in [0, 0.1) is 0 Å². The molecule has 1 heterocycles. The molecule has 1 aliphatic rings. The Morgan fingerprint density at radius 3 is 2.37 bits per heavy atom. The number of phenols is 1. The Hall–Kier alpha value is -2.73. The van der Waals surface area contributed by atoms with Gasteiger partial charge in [0.15, 0.2) is 5.96 Å². The summed E-state index contributed by atoms with van der Waals surface area (Å²) in [5.74, 6) is 1.24. The summed E-state index contributed by atoms with van der Waals surface area (Å²) in [5, 5.41) is 13.5. The molecule has 1 saturated heterocycles. The Balaban J connectivity index is 1.58. The highest BCUT2D eigenvalue weighted by atomic mass is 16.5. The molecule has 0 saturated carbocycles. The van der Waals surface area contributed by atoms with Crippen molar-refractivity contribution < 1.29 is 9.84 Å². The Bertz CT molecular complexity index is 770. The van der Waals surface area contributed by atoms with Crippen molar-refractivity contribution in [2.45, 2.75) is 13.2 Å². The minimum absolute atomic E-state index is 0.336. The van der Waals surface area contributed by atoms with Gasteiger partial charge in [0, 0.05) is 46.9 Å². The Morgan fingerprint density at radius 2 is 1.70 bits per heavy atom. The van der Waals surface area contributed by atoms with E-state index in [9.17, 15) is 5.11 Å². The summed E-state index contributed by atoms with van der Waals surface area (Å²) >= 11 is 0. The van der Waals surface area contributed by atoms with Gasteiger partial charge in [-0.05, 0) is 23.3 Å². The van der Waals surface area contributed by atoms with Crippen LogP contribution in [0.15, 0.2) is 53.5 Å². The summed E-state index contributed by atoms with van der Waals surface area (Å²) in [6.45, 7) is 4.72. The molecule has 0 aromatic heterocycles. The van der Waals surface area contributed by atoms with E-state index in [1.54, 1.807) is 13.2 Å². The van der Waals surface area contributed by atoms with Crippen LogP contribution >= 0.6 is 0 Å². The molecular weight excluding hydrogens is 340 g/mol. The first kappa shape index (κ1) is 19.0. The van der Waals surface area contributed by atoms with Crippen LogP contribution in [0.25, 0.3) is 0 Å². The minimum Gasteiger partial charge on any atom is -0.506 e. The van der Waals surface area contributed by atoms with Crippen molar-refractivity contribution in [1.29, 1.82) is 0 Å². The van der Waals surface area contributed by atoms with Crippen LogP contribution in [0.1, 0.15) is 11.1 Å². The van der Waals surface area contributed by atoms with Crippen molar-refractivity contribution in [3.05, 3.63) is 59.7 Å². The van der Waals surface area contributed by atoms with E-state index < -0.39 is 0 Å². The summed E-state index contributed by atoms with van der Waals surface area (Å²) < 4.78 is 5.29. The van der Waals surface area contributed by atoms with Crippen molar-refractivity contribution in [3.8, 4) is 5.75 Å². The number of phenolic OH excluding ortho intramolecular Hbond substituents is 1. The van der Waals surface area contributed by atoms with E-state index in [-0.39, 0.29) is 0 Å². The maximum absolute atomic E-state index is 10.1. The van der Waals surface area contributed by atoms with Gasteiger partial charge in [-0.2, -0.15) is 0 Å². The molecule has 3 rings (SSSR count). The van der Waals surface area contributed by atoms with Crippen molar-refractivity contribution in [3.63, 3.8) is 0 Å². The molecule has 27 heavy (non-hydrogen) atoms. The molecule has 144 valence electrons. The van der Waals surface area contributed by atoms with E-state index in [1.807, 2.05) is 37.4 Å². The summed E-state index contributed by atoms with van der Waals surface area (Å²) in [4.78, 5) is 8.92. The number of nitrogens with one attached hydrogen (secondary N) is 1. The molecule has 1 fully saturated rings. The molecule has 0 spiro atoms. The zero-order chi connectivity index (χ0) is 19.1. The summed E-state index contributed by atoms with van der Waals surface area (Å²) in [6, 6.07) is 15.8. The van der Waals surface area contributed by atoms with Crippen LogP contribution in [0.2, 0.25) is 0 Å². The fourth-order valence-corrected chi connectivity index (χ4v) is 3.42. The Labute approximate surface area is 161 Å². The molecule has 2 aromatic rings. The molecule has 0 radical (unpaired) electrons. The van der Waals surface area contributed by atoms with Gasteiger partial charge in [-0.25, -0.2) is 0 Å². The first-order valence-corrected chi connectivity index (χ1v) is 9.27. The summed E-state index contributed by atoms with van der Waals surface area (Å²) in [6.07, 6.45) is 0. The molecule has 2 aromatic carbocycles. The normalized spacial score (nSPS) is 15.1. The van der Waals surface area contributed by atoms with E-state index in [2.05, 4.69) is 32.2 Å². The average Bonchev–Trinajstić information content (AvgIpc) is 2.71. The lowest BCUT2D eigenvalue weighted by molar-refractivity contribution is 0.184. The second kappa shape index (κ2) is 9.28. The van der Waals surface area contributed by atoms with Crippen molar-refractivity contribution in [2.24, 2.45) is 4.99 Å². The van der Waals surface area contributed by atoms with Gasteiger partial charge in [0.05, 0.1) is 12.3 Å². The van der Waals surface area contributed by atoms with E-state index in [4.69, 9.17) is 4.74 Å². The fraction of sp³-hybridized carbons (Fsp3) is 0.381. The topological polar surface area (TPSA) is 60.3 Å². The van der Waals surface area contributed by atoms with Gasteiger partial charge in [0.25, 0.3) is 0 Å². The zero-order valence-corrected chi connectivity index (χ0v) is 16.1. The van der Waals surface area contributed by atoms with Gasteiger partial charge in [0.1, 0.15) is 5.75 Å². The zero-order valence-electron chi connectivity index (χ0n) is 16.1. The third-order valence-corrected chi connectivity index (χ3v) is 4.87. The molecule has 0 amide bonds. The van der Waals surface area contributed by atoms with Gasteiger partial charge in [-0.3, -0.25) is 4.99 Å². The number of hydrogen-bond donors (Lipinski definition) is 2. The number of para-hydroxylation sites is 2. The number of hydrogen-bond acceptors (Lipinski definition) is 4. The van der Waals surface area contributed by atoms with E-state index in [0.29, 0.717) is 18.9 Å². The molecule has 0 unspecified atom stereocenters. The fourth-order valence-electron chi connectivity index (χ4n) is 3.42. The Morgan fingerprint density at radius 1 is 1.04 bits per heavy atom. The molecule has 2 N–H and O–H groups in total. The number of ether oxygens (including phenoxy) is 1. The molecule has 1 aliphatic heterocycles. The monoisotopic (exact) mass is 368 g/mol. The van der Waals surface area contributed by atoms with Crippen LogP contribution in [0.3, 0.4) is 0 Å². The van der Waals surface area contributed by atoms with Crippen LogP contribution in [-0.4, -0.2) is 56.3 Å². The standard InChI is InChI=1S/C21H28N4O2/c1-22-21(23-15-17-7-3-4-8-18(17)16-27-2)25-13-11-24(12-14-25)19-9-5-6-10-20(19)26/h3-10,26H,11-16H2,1-2H3,(H,22,23). The van der Waals surface area contributed by atoms with Gasteiger partial charge in [0.2, 0.25) is 0 Å². The number of aliphatic imine (C=N–C) groups is 1. The molecular formula is C21H28N4O2. The SMILES string of the molecule is CN=C(NCc1ccccc1COC)N1CCN(c2ccccc2O)CC1.